The zero-order chi connectivity index (χ0) is 14.8. The number of hydrogen-bond acceptors (Lipinski definition) is 4. The number of aromatic nitrogens is 1. The van der Waals surface area contributed by atoms with E-state index >= 15 is 0 Å². The summed E-state index contributed by atoms with van der Waals surface area (Å²) in [6.07, 6.45) is 5.03. The SMILES string of the molecule is Cc1ocnc1C(=O)N1CCC(C(=O)N2CCCC2)CC1. The van der Waals surface area contributed by atoms with Gasteiger partial charge in [0.2, 0.25) is 5.91 Å². The highest BCUT2D eigenvalue weighted by Crippen LogP contribution is 2.23. The van der Waals surface area contributed by atoms with Gasteiger partial charge in [-0.25, -0.2) is 4.98 Å². The lowest BCUT2D eigenvalue weighted by molar-refractivity contribution is -0.135. The third kappa shape index (κ3) is 2.80. The van der Waals surface area contributed by atoms with Crippen molar-refractivity contribution in [1.82, 2.24) is 14.8 Å². The fourth-order valence-electron chi connectivity index (χ4n) is 3.19. The molecule has 0 spiro atoms. The number of oxazole rings is 1. The van der Waals surface area contributed by atoms with Gasteiger partial charge in [-0.15, -0.1) is 0 Å². The van der Waals surface area contributed by atoms with E-state index in [0.29, 0.717) is 24.5 Å². The molecule has 0 N–H and O–H groups in total. The van der Waals surface area contributed by atoms with E-state index < -0.39 is 0 Å². The predicted octanol–water partition coefficient (Wildman–Crippen LogP) is 1.46. The Balaban J connectivity index is 1.56. The lowest BCUT2D eigenvalue weighted by atomic mass is 9.95. The molecular formula is C15H21N3O3. The molecule has 0 saturated carbocycles. The maximum atomic E-state index is 12.4. The summed E-state index contributed by atoms with van der Waals surface area (Å²) in [5.74, 6) is 0.811. The molecule has 2 aliphatic heterocycles. The number of aryl methyl sites for hydroxylation is 1. The average Bonchev–Trinajstić information content (AvgIpc) is 3.17. The average molecular weight is 291 g/mol. The first-order chi connectivity index (χ1) is 10.2. The topological polar surface area (TPSA) is 66.7 Å². The quantitative estimate of drug-likeness (QED) is 0.827. The van der Waals surface area contributed by atoms with Crippen molar-refractivity contribution >= 4 is 11.8 Å². The maximum absolute atomic E-state index is 12.4. The lowest BCUT2D eigenvalue weighted by Crippen LogP contribution is -2.44. The van der Waals surface area contributed by atoms with Crippen LogP contribution in [-0.4, -0.2) is 52.8 Å². The van der Waals surface area contributed by atoms with Gasteiger partial charge in [0.1, 0.15) is 5.76 Å². The van der Waals surface area contributed by atoms with Crippen LogP contribution in [0.4, 0.5) is 0 Å². The van der Waals surface area contributed by atoms with Crippen molar-refractivity contribution < 1.29 is 14.0 Å². The molecule has 2 fully saturated rings. The minimum Gasteiger partial charge on any atom is -0.448 e. The van der Waals surface area contributed by atoms with Crippen molar-refractivity contribution in [2.75, 3.05) is 26.2 Å². The monoisotopic (exact) mass is 291 g/mol. The third-order valence-corrected chi connectivity index (χ3v) is 4.50. The second-order valence-corrected chi connectivity index (χ2v) is 5.86. The summed E-state index contributed by atoms with van der Waals surface area (Å²) in [5.41, 5.74) is 0.388. The standard InChI is InChI=1S/C15H21N3O3/c1-11-13(16-10-21-11)15(20)18-8-4-12(5-9-18)14(19)17-6-2-3-7-17/h10,12H,2-9H2,1H3. The molecule has 0 aromatic carbocycles. The number of carbonyl (C=O) groups is 2. The molecule has 2 amide bonds. The summed E-state index contributed by atoms with van der Waals surface area (Å²) < 4.78 is 5.08. The van der Waals surface area contributed by atoms with Crippen molar-refractivity contribution in [3.63, 3.8) is 0 Å². The van der Waals surface area contributed by atoms with Gasteiger partial charge in [0.25, 0.3) is 5.91 Å². The van der Waals surface area contributed by atoms with Crippen molar-refractivity contribution in [2.24, 2.45) is 5.92 Å². The van der Waals surface area contributed by atoms with Gasteiger partial charge in [-0.3, -0.25) is 9.59 Å². The zero-order valence-electron chi connectivity index (χ0n) is 12.4. The number of hydrogen-bond donors (Lipinski definition) is 0. The summed E-state index contributed by atoms with van der Waals surface area (Å²) in [6.45, 7) is 4.78. The summed E-state index contributed by atoms with van der Waals surface area (Å²) in [4.78, 5) is 32.4. The molecule has 114 valence electrons. The van der Waals surface area contributed by atoms with Crippen LogP contribution in [-0.2, 0) is 4.79 Å². The molecule has 3 rings (SSSR count). The summed E-state index contributed by atoms with van der Waals surface area (Å²) in [6, 6.07) is 0. The maximum Gasteiger partial charge on any atom is 0.276 e. The van der Waals surface area contributed by atoms with E-state index in [-0.39, 0.29) is 17.7 Å². The van der Waals surface area contributed by atoms with Crippen LogP contribution >= 0.6 is 0 Å². The normalized spacial score (nSPS) is 20.0. The second-order valence-electron chi connectivity index (χ2n) is 5.86. The Morgan fingerprint density at radius 1 is 1.14 bits per heavy atom. The third-order valence-electron chi connectivity index (χ3n) is 4.50. The van der Waals surface area contributed by atoms with Crippen molar-refractivity contribution in [3.05, 3.63) is 17.8 Å². The number of rotatable bonds is 2. The number of amides is 2. The fraction of sp³-hybridized carbons (Fsp3) is 0.667. The van der Waals surface area contributed by atoms with Crippen LogP contribution in [0.25, 0.3) is 0 Å². The highest BCUT2D eigenvalue weighted by Gasteiger charge is 2.32. The smallest absolute Gasteiger partial charge is 0.276 e. The largest absolute Gasteiger partial charge is 0.448 e. The number of carbonyl (C=O) groups excluding carboxylic acids is 2. The highest BCUT2D eigenvalue weighted by molar-refractivity contribution is 5.93. The van der Waals surface area contributed by atoms with E-state index in [1.165, 1.54) is 6.39 Å². The van der Waals surface area contributed by atoms with Gasteiger partial charge in [-0.05, 0) is 32.6 Å². The van der Waals surface area contributed by atoms with Crippen molar-refractivity contribution in [1.29, 1.82) is 0 Å². The van der Waals surface area contributed by atoms with Crippen LogP contribution in [0, 0.1) is 12.8 Å². The molecule has 0 unspecified atom stereocenters. The van der Waals surface area contributed by atoms with Gasteiger partial charge in [-0.2, -0.15) is 0 Å². The van der Waals surface area contributed by atoms with Gasteiger partial charge in [0, 0.05) is 32.1 Å². The zero-order valence-corrected chi connectivity index (χ0v) is 12.4. The number of piperidine rings is 1. The van der Waals surface area contributed by atoms with Crippen molar-refractivity contribution in [3.8, 4) is 0 Å². The van der Waals surface area contributed by atoms with Gasteiger partial charge in [0.15, 0.2) is 12.1 Å². The molecule has 0 aliphatic carbocycles. The summed E-state index contributed by atoms with van der Waals surface area (Å²) in [7, 11) is 0. The Labute approximate surface area is 124 Å². The molecule has 1 aromatic rings. The minimum atomic E-state index is -0.0895. The van der Waals surface area contributed by atoms with Crippen LogP contribution in [0.15, 0.2) is 10.8 Å². The number of nitrogens with zero attached hydrogens (tertiary/aromatic N) is 3. The van der Waals surface area contributed by atoms with Gasteiger partial charge in [-0.1, -0.05) is 0 Å². The van der Waals surface area contributed by atoms with Gasteiger partial charge in [0.05, 0.1) is 0 Å². The van der Waals surface area contributed by atoms with Crippen LogP contribution in [0.1, 0.15) is 41.9 Å². The van der Waals surface area contributed by atoms with E-state index in [9.17, 15) is 9.59 Å². The van der Waals surface area contributed by atoms with Gasteiger partial charge >= 0.3 is 0 Å². The molecule has 0 atom stereocenters. The van der Waals surface area contributed by atoms with E-state index in [2.05, 4.69) is 4.98 Å². The molecule has 2 saturated heterocycles. The Hall–Kier alpha value is -1.85. The van der Waals surface area contributed by atoms with Crippen LogP contribution in [0.5, 0.6) is 0 Å². The molecule has 0 bridgehead atoms. The Bertz CT molecular complexity index is 526. The van der Waals surface area contributed by atoms with Crippen LogP contribution in [0.3, 0.4) is 0 Å². The highest BCUT2D eigenvalue weighted by atomic mass is 16.3. The number of likely N-dealkylation sites (tertiary alicyclic amines) is 2. The van der Waals surface area contributed by atoms with E-state index in [0.717, 1.165) is 38.8 Å². The molecule has 6 nitrogen and oxygen atoms in total. The molecule has 6 heteroatoms. The lowest BCUT2D eigenvalue weighted by Gasteiger charge is -2.32. The summed E-state index contributed by atoms with van der Waals surface area (Å²) in [5, 5.41) is 0. The van der Waals surface area contributed by atoms with E-state index in [4.69, 9.17) is 4.42 Å². The molecule has 0 radical (unpaired) electrons. The van der Waals surface area contributed by atoms with Crippen LogP contribution < -0.4 is 0 Å². The molecule has 3 heterocycles. The summed E-state index contributed by atoms with van der Waals surface area (Å²) >= 11 is 0. The molecule has 21 heavy (non-hydrogen) atoms. The van der Waals surface area contributed by atoms with E-state index in [1.54, 1.807) is 11.8 Å². The van der Waals surface area contributed by atoms with E-state index in [1.807, 2.05) is 4.90 Å². The predicted molar refractivity (Wildman–Crippen MR) is 75.7 cm³/mol. The van der Waals surface area contributed by atoms with Crippen molar-refractivity contribution in [2.45, 2.75) is 32.6 Å². The molecule has 1 aromatic heterocycles. The Morgan fingerprint density at radius 3 is 2.38 bits per heavy atom. The molecule has 2 aliphatic rings. The van der Waals surface area contributed by atoms with Gasteiger partial charge < -0.3 is 14.2 Å². The first kappa shape index (κ1) is 14.1. The first-order valence-corrected chi connectivity index (χ1v) is 7.65. The van der Waals surface area contributed by atoms with Crippen LogP contribution in [0.2, 0.25) is 0 Å². The first-order valence-electron chi connectivity index (χ1n) is 7.65. The molecular weight excluding hydrogens is 270 g/mol. The minimum absolute atomic E-state index is 0.0746. The Morgan fingerprint density at radius 2 is 1.81 bits per heavy atom. The second kappa shape index (κ2) is 5.87. The fourth-order valence-corrected chi connectivity index (χ4v) is 3.19. The Kier molecular flexibility index (Phi) is 3.94.